The molecular weight excluding hydrogens is 397 g/mol. The van der Waals surface area contributed by atoms with Crippen LogP contribution in [-0.4, -0.2) is 31.9 Å². The summed E-state index contributed by atoms with van der Waals surface area (Å²) in [5, 5.41) is 2.69. The Hall–Kier alpha value is -1.89. The number of aryl methyl sites for hydroxylation is 2. The molecule has 0 aliphatic heterocycles. The van der Waals surface area contributed by atoms with Crippen LogP contribution < -0.4 is 14.9 Å². The van der Waals surface area contributed by atoms with E-state index in [0.717, 1.165) is 42.6 Å². The monoisotopic (exact) mass is 428 g/mol. The quantitative estimate of drug-likeness (QED) is 0.234. The number of amides is 1. The average molecular weight is 428 g/mol. The molecule has 0 aromatic heterocycles. The van der Waals surface area contributed by atoms with Gasteiger partial charge in [0.15, 0.2) is 0 Å². The van der Waals surface area contributed by atoms with Crippen molar-refractivity contribution >= 4 is 19.7 Å². The Morgan fingerprint density at radius 1 is 1.10 bits per heavy atom. The lowest BCUT2D eigenvalue weighted by Crippen LogP contribution is -2.25. The van der Waals surface area contributed by atoms with Crippen LogP contribution in [0.25, 0.3) is 0 Å². The van der Waals surface area contributed by atoms with Gasteiger partial charge in [0.05, 0.1) is 6.61 Å². The molecule has 0 saturated heterocycles. The Labute approximate surface area is 172 Å². The van der Waals surface area contributed by atoms with E-state index in [4.69, 9.17) is 9.47 Å². The zero-order valence-corrected chi connectivity index (χ0v) is 18.5. The first-order valence-corrected chi connectivity index (χ1v) is 11.8. The summed E-state index contributed by atoms with van der Waals surface area (Å²) < 4.78 is 26.1. The van der Waals surface area contributed by atoms with E-state index < -0.39 is 13.7 Å². The van der Waals surface area contributed by atoms with Crippen molar-refractivity contribution in [3.8, 4) is 5.75 Å². The molecule has 1 aromatic rings. The number of unbranched alkanes of at least 4 members (excludes halogenated alkanes) is 3. The Balaban J connectivity index is 2.26. The highest BCUT2D eigenvalue weighted by Crippen LogP contribution is 2.31. The molecule has 1 unspecified atom stereocenters. The number of carbonyl (C=O) groups is 2. The van der Waals surface area contributed by atoms with Crippen LogP contribution in [0.15, 0.2) is 12.1 Å². The largest absolute Gasteiger partial charge is 0.779 e. The van der Waals surface area contributed by atoms with E-state index in [1.54, 1.807) is 6.92 Å². The highest BCUT2D eigenvalue weighted by atomic mass is 31.2. The molecule has 0 bridgehead atoms. The third kappa shape index (κ3) is 11.0. The molecule has 0 aliphatic carbocycles. The van der Waals surface area contributed by atoms with Gasteiger partial charge >= 0.3 is 12.1 Å². The zero-order chi connectivity index (χ0) is 21.9. The van der Waals surface area contributed by atoms with E-state index in [2.05, 4.69) is 9.84 Å². The molecule has 1 amide bonds. The standard InChI is InChI=1S/C20H32NO7P/c1-5-18(22)28-19-15(2)12-17(13-16(19)3)14-26-20(23)21-10-8-6-7-9-11-27-29(4,24)25/h12-13H,5-11,14H2,1-4H3,(H,21,23)(H,24,25)/p-1. The lowest BCUT2D eigenvalue weighted by atomic mass is 10.1. The second kappa shape index (κ2) is 12.6. The number of hydrogen-bond donors (Lipinski definition) is 1. The molecule has 29 heavy (non-hydrogen) atoms. The van der Waals surface area contributed by atoms with Gasteiger partial charge in [-0.05, 0) is 55.5 Å². The molecule has 0 aliphatic rings. The number of esters is 1. The minimum atomic E-state index is -3.64. The van der Waals surface area contributed by atoms with Gasteiger partial charge in [0.25, 0.3) is 0 Å². The maximum atomic E-state index is 11.8. The summed E-state index contributed by atoms with van der Waals surface area (Å²) >= 11 is 0. The normalized spacial score (nSPS) is 12.9. The number of rotatable bonds is 12. The number of ether oxygens (including phenoxy) is 2. The summed E-state index contributed by atoms with van der Waals surface area (Å²) in [6.07, 6.45) is 2.91. The highest BCUT2D eigenvalue weighted by Gasteiger charge is 2.11. The van der Waals surface area contributed by atoms with Crippen molar-refractivity contribution in [3.63, 3.8) is 0 Å². The zero-order valence-electron chi connectivity index (χ0n) is 17.6. The second-order valence-corrected chi connectivity index (χ2v) is 8.71. The fourth-order valence-electron chi connectivity index (χ4n) is 2.67. The van der Waals surface area contributed by atoms with Gasteiger partial charge in [-0.25, -0.2) is 4.79 Å². The Morgan fingerprint density at radius 2 is 1.72 bits per heavy atom. The average Bonchev–Trinajstić information content (AvgIpc) is 2.64. The smallest absolute Gasteiger partial charge is 0.407 e. The summed E-state index contributed by atoms with van der Waals surface area (Å²) in [6.45, 7) is 7.29. The second-order valence-electron chi connectivity index (χ2n) is 6.91. The van der Waals surface area contributed by atoms with Crippen molar-refractivity contribution in [2.45, 2.75) is 59.5 Å². The molecule has 0 spiro atoms. The number of benzene rings is 1. The molecule has 9 heteroatoms. The SMILES string of the molecule is CCC(=O)Oc1c(C)cc(COC(=O)NCCCCCCOP(C)(=O)[O-])cc1C. The van der Waals surface area contributed by atoms with Crippen LogP contribution in [-0.2, 0) is 25.2 Å². The molecule has 0 fully saturated rings. The molecule has 0 heterocycles. The molecule has 0 radical (unpaired) electrons. The first kappa shape index (κ1) is 25.1. The van der Waals surface area contributed by atoms with E-state index >= 15 is 0 Å². The fourth-order valence-corrected chi connectivity index (χ4v) is 3.13. The molecule has 1 aromatic carbocycles. The predicted octanol–water partition coefficient (Wildman–Crippen LogP) is 3.61. The molecular formula is C20H31NO7P-. The number of nitrogens with one attached hydrogen (secondary N) is 1. The van der Waals surface area contributed by atoms with Crippen molar-refractivity contribution in [2.24, 2.45) is 0 Å². The van der Waals surface area contributed by atoms with Gasteiger partial charge in [-0.1, -0.05) is 19.8 Å². The lowest BCUT2D eigenvalue weighted by Gasteiger charge is -2.17. The van der Waals surface area contributed by atoms with Crippen molar-refractivity contribution in [3.05, 3.63) is 28.8 Å². The number of carbonyl (C=O) groups excluding carboxylic acids is 2. The van der Waals surface area contributed by atoms with E-state index in [1.165, 1.54) is 0 Å². The Bertz CT molecular complexity index is 707. The van der Waals surface area contributed by atoms with E-state index in [-0.39, 0.29) is 19.2 Å². The molecule has 1 atom stereocenters. The van der Waals surface area contributed by atoms with Gasteiger partial charge in [-0.3, -0.25) is 4.79 Å². The summed E-state index contributed by atoms with van der Waals surface area (Å²) in [5.74, 6) is 0.260. The summed E-state index contributed by atoms with van der Waals surface area (Å²) in [4.78, 5) is 34.1. The van der Waals surface area contributed by atoms with Gasteiger partial charge in [-0.2, -0.15) is 0 Å². The molecule has 8 nitrogen and oxygen atoms in total. The fraction of sp³-hybridized carbons (Fsp3) is 0.600. The first-order valence-electron chi connectivity index (χ1n) is 9.77. The molecule has 1 N–H and O–H groups in total. The van der Waals surface area contributed by atoms with Gasteiger partial charge in [-0.15, -0.1) is 0 Å². The molecule has 164 valence electrons. The van der Waals surface area contributed by atoms with E-state index in [9.17, 15) is 19.0 Å². The van der Waals surface area contributed by atoms with Crippen molar-refractivity contribution < 1.29 is 33.0 Å². The van der Waals surface area contributed by atoms with Crippen LogP contribution in [0.1, 0.15) is 55.7 Å². The lowest BCUT2D eigenvalue weighted by molar-refractivity contribution is -0.196. The van der Waals surface area contributed by atoms with Crippen LogP contribution in [0, 0.1) is 13.8 Å². The van der Waals surface area contributed by atoms with Crippen LogP contribution in [0.5, 0.6) is 5.75 Å². The summed E-state index contributed by atoms with van der Waals surface area (Å²) in [5.41, 5.74) is 2.44. The van der Waals surface area contributed by atoms with Crippen molar-refractivity contribution in [1.82, 2.24) is 5.32 Å². The van der Waals surface area contributed by atoms with Gasteiger partial charge in [0.1, 0.15) is 20.0 Å². The molecule has 0 saturated carbocycles. The van der Waals surface area contributed by atoms with Crippen LogP contribution in [0.2, 0.25) is 0 Å². The maximum absolute atomic E-state index is 11.8. The highest BCUT2D eigenvalue weighted by molar-refractivity contribution is 7.50. The Morgan fingerprint density at radius 3 is 2.31 bits per heavy atom. The van der Waals surface area contributed by atoms with E-state index in [0.29, 0.717) is 25.1 Å². The summed E-state index contributed by atoms with van der Waals surface area (Å²) in [7, 11) is -3.64. The summed E-state index contributed by atoms with van der Waals surface area (Å²) in [6, 6.07) is 3.66. The van der Waals surface area contributed by atoms with Crippen LogP contribution in [0.3, 0.4) is 0 Å². The van der Waals surface area contributed by atoms with Gasteiger partial charge in [0, 0.05) is 19.6 Å². The minimum absolute atomic E-state index is 0.124. The van der Waals surface area contributed by atoms with Crippen molar-refractivity contribution in [2.75, 3.05) is 19.8 Å². The van der Waals surface area contributed by atoms with Crippen LogP contribution in [0.4, 0.5) is 4.79 Å². The van der Waals surface area contributed by atoms with Gasteiger partial charge < -0.3 is 28.8 Å². The third-order valence-corrected chi connectivity index (χ3v) is 4.71. The topological polar surface area (TPSA) is 114 Å². The minimum Gasteiger partial charge on any atom is -0.779 e. The Kier molecular flexibility index (Phi) is 10.9. The van der Waals surface area contributed by atoms with E-state index in [1.807, 2.05) is 26.0 Å². The molecule has 1 rings (SSSR count). The predicted molar refractivity (Wildman–Crippen MR) is 108 cm³/mol. The number of hydrogen-bond acceptors (Lipinski definition) is 7. The van der Waals surface area contributed by atoms with Gasteiger partial charge in [0.2, 0.25) is 0 Å². The maximum Gasteiger partial charge on any atom is 0.407 e. The van der Waals surface area contributed by atoms with Crippen LogP contribution >= 0.6 is 7.60 Å². The first-order chi connectivity index (χ1) is 13.6. The third-order valence-electron chi connectivity index (χ3n) is 4.06. The number of alkyl carbamates (subject to hydrolysis) is 1. The van der Waals surface area contributed by atoms with Crippen molar-refractivity contribution in [1.29, 1.82) is 0 Å².